The molecule has 4 nitrogen and oxygen atoms in total. The van der Waals surface area contributed by atoms with Crippen LogP contribution < -0.4 is 20.1 Å². The molecule has 0 aromatic heterocycles. The summed E-state index contributed by atoms with van der Waals surface area (Å²) in [5.41, 5.74) is 2.66. The third kappa shape index (κ3) is 5.25. The molecule has 0 atom stereocenters. The Hall–Kier alpha value is -2.04. The summed E-state index contributed by atoms with van der Waals surface area (Å²) in [4.78, 5) is 0. The lowest BCUT2D eigenvalue weighted by Crippen LogP contribution is -2.27. The van der Waals surface area contributed by atoms with Crippen molar-refractivity contribution in [3.8, 4) is 11.5 Å². The maximum absolute atomic E-state index is 5.39. The molecule has 4 heteroatoms. The first-order valence-electron chi connectivity index (χ1n) is 8.76. The van der Waals surface area contributed by atoms with Crippen LogP contribution in [0.5, 0.6) is 11.5 Å². The van der Waals surface area contributed by atoms with Gasteiger partial charge in [0.1, 0.15) is 0 Å². The molecular formula is C20H26N2O2. The standard InChI is InChI=1S/C20H26N2O2/c1-2-6-17(7-3-1)8-4-5-11-21-12-13-22-15-18-9-10-19-20(14-18)24-16-23-19/h1-3,6-7,9-10,14,21-22H,4-5,8,11-13,15-16H2. The molecular weight excluding hydrogens is 300 g/mol. The van der Waals surface area contributed by atoms with E-state index in [1.807, 2.05) is 12.1 Å². The number of nitrogens with one attached hydrogen (secondary N) is 2. The Bertz CT molecular complexity index is 616. The minimum Gasteiger partial charge on any atom is -0.454 e. The number of aryl methyl sites for hydroxylation is 1. The molecule has 0 aliphatic carbocycles. The van der Waals surface area contributed by atoms with Crippen molar-refractivity contribution >= 4 is 0 Å². The second kappa shape index (κ2) is 9.30. The van der Waals surface area contributed by atoms with E-state index in [1.165, 1.54) is 30.4 Å². The van der Waals surface area contributed by atoms with Gasteiger partial charge in [0.15, 0.2) is 11.5 Å². The van der Waals surface area contributed by atoms with E-state index in [0.29, 0.717) is 6.79 Å². The molecule has 1 aliphatic heterocycles. The molecule has 1 heterocycles. The molecule has 0 bridgehead atoms. The number of hydrogen-bond donors (Lipinski definition) is 2. The van der Waals surface area contributed by atoms with Crippen molar-refractivity contribution in [2.45, 2.75) is 25.8 Å². The van der Waals surface area contributed by atoms with Crippen molar-refractivity contribution in [3.63, 3.8) is 0 Å². The zero-order valence-electron chi connectivity index (χ0n) is 14.1. The quantitative estimate of drug-likeness (QED) is 0.658. The van der Waals surface area contributed by atoms with Crippen LogP contribution in [0.1, 0.15) is 24.0 Å². The molecule has 0 spiro atoms. The monoisotopic (exact) mass is 326 g/mol. The van der Waals surface area contributed by atoms with Gasteiger partial charge in [-0.1, -0.05) is 36.4 Å². The number of ether oxygens (including phenoxy) is 2. The topological polar surface area (TPSA) is 42.5 Å². The Labute approximate surface area is 144 Å². The molecule has 0 amide bonds. The number of unbranched alkanes of at least 4 members (excludes halogenated alkanes) is 1. The van der Waals surface area contributed by atoms with E-state index in [2.05, 4.69) is 47.0 Å². The van der Waals surface area contributed by atoms with Gasteiger partial charge in [0, 0.05) is 19.6 Å². The van der Waals surface area contributed by atoms with Crippen molar-refractivity contribution in [3.05, 3.63) is 59.7 Å². The highest BCUT2D eigenvalue weighted by molar-refractivity contribution is 5.44. The van der Waals surface area contributed by atoms with E-state index in [9.17, 15) is 0 Å². The van der Waals surface area contributed by atoms with Crippen LogP contribution in [0.15, 0.2) is 48.5 Å². The van der Waals surface area contributed by atoms with Gasteiger partial charge in [0.25, 0.3) is 0 Å². The van der Waals surface area contributed by atoms with Crippen LogP contribution in [-0.2, 0) is 13.0 Å². The van der Waals surface area contributed by atoms with Gasteiger partial charge in [0.2, 0.25) is 6.79 Å². The molecule has 0 unspecified atom stereocenters. The van der Waals surface area contributed by atoms with E-state index in [-0.39, 0.29) is 0 Å². The Morgan fingerprint density at radius 3 is 2.50 bits per heavy atom. The molecule has 0 radical (unpaired) electrons. The Morgan fingerprint density at radius 1 is 0.750 bits per heavy atom. The summed E-state index contributed by atoms with van der Waals surface area (Å²) >= 11 is 0. The summed E-state index contributed by atoms with van der Waals surface area (Å²) < 4.78 is 10.7. The maximum atomic E-state index is 5.39. The fourth-order valence-electron chi connectivity index (χ4n) is 2.81. The van der Waals surface area contributed by atoms with Crippen molar-refractivity contribution in [1.82, 2.24) is 10.6 Å². The lowest BCUT2D eigenvalue weighted by molar-refractivity contribution is 0.174. The highest BCUT2D eigenvalue weighted by atomic mass is 16.7. The van der Waals surface area contributed by atoms with Crippen LogP contribution in [0.4, 0.5) is 0 Å². The molecule has 2 aromatic rings. The first-order chi connectivity index (χ1) is 11.9. The highest BCUT2D eigenvalue weighted by Gasteiger charge is 2.12. The van der Waals surface area contributed by atoms with Crippen LogP contribution >= 0.6 is 0 Å². The summed E-state index contributed by atoms with van der Waals surface area (Å²) in [5, 5.41) is 6.94. The molecule has 0 saturated carbocycles. The van der Waals surface area contributed by atoms with E-state index in [0.717, 1.165) is 37.7 Å². The van der Waals surface area contributed by atoms with Gasteiger partial charge >= 0.3 is 0 Å². The fraction of sp³-hybridized carbons (Fsp3) is 0.400. The first kappa shape index (κ1) is 16.8. The van der Waals surface area contributed by atoms with E-state index in [1.54, 1.807) is 0 Å². The molecule has 128 valence electrons. The fourth-order valence-corrected chi connectivity index (χ4v) is 2.81. The third-order valence-electron chi connectivity index (χ3n) is 4.16. The second-order valence-electron chi connectivity index (χ2n) is 6.06. The molecule has 0 fully saturated rings. The Kier molecular flexibility index (Phi) is 6.51. The number of fused-ring (bicyclic) bond motifs is 1. The van der Waals surface area contributed by atoms with Crippen LogP contribution in [0, 0.1) is 0 Å². The highest BCUT2D eigenvalue weighted by Crippen LogP contribution is 2.32. The normalized spacial score (nSPS) is 12.5. The molecule has 2 aromatic carbocycles. The van der Waals surface area contributed by atoms with Crippen molar-refractivity contribution < 1.29 is 9.47 Å². The number of hydrogen-bond acceptors (Lipinski definition) is 4. The average Bonchev–Trinajstić information content (AvgIpc) is 3.09. The summed E-state index contributed by atoms with van der Waals surface area (Å²) in [6.07, 6.45) is 3.63. The second-order valence-corrected chi connectivity index (χ2v) is 6.06. The van der Waals surface area contributed by atoms with E-state index < -0.39 is 0 Å². The van der Waals surface area contributed by atoms with Gasteiger partial charge in [-0.25, -0.2) is 0 Å². The van der Waals surface area contributed by atoms with Gasteiger partial charge in [-0.3, -0.25) is 0 Å². The van der Waals surface area contributed by atoms with Gasteiger partial charge in [-0.15, -0.1) is 0 Å². The third-order valence-corrected chi connectivity index (χ3v) is 4.16. The molecule has 1 aliphatic rings. The summed E-state index contributed by atoms with van der Waals surface area (Å²) in [7, 11) is 0. The maximum Gasteiger partial charge on any atom is 0.231 e. The van der Waals surface area contributed by atoms with Crippen molar-refractivity contribution in [2.75, 3.05) is 26.4 Å². The van der Waals surface area contributed by atoms with Crippen LogP contribution in [0.3, 0.4) is 0 Å². The van der Waals surface area contributed by atoms with Crippen molar-refractivity contribution in [2.24, 2.45) is 0 Å². The van der Waals surface area contributed by atoms with Crippen LogP contribution in [-0.4, -0.2) is 26.4 Å². The summed E-state index contributed by atoms with van der Waals surface area (Å²) in [6, 6.07) is 16.8. The molecule has 0 saturated heterocycles. The van der Waals surface area contributed by atoms with Gasteiger partial charge in [-0.2, -0.15) is 0 Å². The number of benzene rings is 2. The number of rotatable bonds is 10. The largest absolute Gasteiger partial charge is 0.454 e. The van der Waals surface area contributed by atoms with E-state index >= 15 is 0 Å². The smallest absolute Gasteiger partial charge is 0.231 e. The minimum absolute atomic E-state index is 0.334. The zero-order chi connectivity index (χ0) is 16.5. The van der Waals surface area contributed by atoms with E-state index in [4.69, 9.17) is 9.47 Å². The minimum atomic E-state index is 0.334. The van der Waals surface area contributed by atoms with Gasteiger partial charge in [-0.05, 0) is 49.1 Å². The molecule has 2 N–H and O–H groups in total. The van der Waals surface area contributed by atoms with Gasteiger partial charge in [0.05, 0.1) is 0 Å². The molecule has 3 rings (SSSR count). The first-order valence-corrected chi connectivity index (χ1v) is 8.76. The van der Waals surface area contributed by atoms with Crippen LogP contribution in [0.25, 0.3) is 0 Å². The summed E-state index contributed by atoms with van der Waals surface area (Å²) in [5.74, 6) is 1.70. The summed E-state index contributed by atoms with van der Waals surface area (Å²) in [6.45, 7) is 4.23. The molecule has 24 heavy (non-hydrogen) atoms. The van der Waals surface area contributed by atoms with Crippen LogP contribution in [0.2, 0.25) is 0 Å². The SMILES string of the molecule is c1ccc(CCCCNCCNCc2ccc3c(c2)OCO3)cc1. The lowest BCUT2D eigenvalue weighted by Gasteiger charge is -2.07. The zero-order valence-corrected chi connectivity index (χ0v) is 14.1. The van der Waals surface area contributed by atoms with Gasteiger partial charge < -0.3 is 20.1 Å². The lowest BCUT2D eigenvalue weighted by atomic mass is 10.1. The Balaban J connectivity index is 1.19. The predicted octanol–water partition coefficient (Wildman–Crippen LogP) is 3.12. The Morgan fingerprint density at radius 2 is 1.58 bits per heavy atom. The average molecular weight is 326 g/mol. The predicted molar refractivity (Wildman–Crippen MR) is 96.5 cm³/mol. The van der Waals surface area contributed by atoms with Crippen molar-refractivity contribution in [1.29, 1.82) is 0 Å².